The molecule has 0 aliphatic heterocycles. The first-order valence-corrected chi connectivity index (χ1v) is 6.09. The molecule has 0 N–H and O–H groups in total. The Hall–Kier alpha value is -1.09. The van der Waals surface area contributed by atoms with E-state index in [-0.39, 0.29) is 5.97 Å². The van der Waals surface area contributed by atoms with Crippen LogP contribution in [0.3, 0.4) is 0 Å². The van der Waals surface area contributed by atoms with Crippen LogP contribution in [-0.4, -0.2) is 12.6 Å². The number of halogens is 1. The van der Waals surface area contributed by atoms with Gasteiger partial charge in [0, 0.05) is 4.47 Å². The van der Waals surface area contributed by atoms with E-state index in [1.54, 1.807) is 0 Å². The van der Waals surface area contributed by atoms with E-state index >= 15 is 0 Å². The van der Waals surface area contributed by atoms with E-state index in [0.717, 1.165) is 16.5 Å². The van der Waals surface area contributed by atoms with Crippen LogP contribution >= 0.6 is 15.9 Å². The summed E-state index contributed by atoms with van der Waals surface area (Å²) in [4.78, 5) is 12.0. The molecule has 0 saturated carbocycles. The van der Waals surface area contributed by atoms with Gasteiger partial charge in [-0.3, -0.25) is 4.79 Å². The second-order valence-corrected chi connectivity index (χ2v) is 4.72. The Morgan fingerprint density at radius 2 is 2.31 bits per heavy atom. The molecule has 2 nitrogen and oxygen atoms in total. The maximum Gasteiger partial charge on any atom is 0.320 e. The van der Waals surface area contributed by atoms with Crippen LogP contribution in [0.25, 0.3) is 0 Å². The lowest BCUT2D eigenvalue weighted by Crippen LogP contribution is -2.39. The van der Waals surface area contributed by atoms with Gasteiger partial charge in [0.2, 0.25) is 0 Å². The fourth-order valence-corrected chi connectivity index (χ4v) is 2.26. The molecule has 0 spiro atoms. The number of carbonyl (C=O) groups is 1. The molecule has 0 aromatic heterocycles. The summed E-state index contributed by atoms with van der Waals surface area (Å²) >= 11 is 3.42. The predicted molar refractivity (Wildman–Crippen MR) is 66.2 cm³/mol. The zero-order valence-corrected chi connectivity index (χ0v) is 10.7. The number of rotatable bonds is 3. The molecule has 84 valence electrons. The summed E-state index contributed by atoms with van der Waals surface area (Å²) in [5.74, 6) is -0.157. The van der Waals surface area contributed by atoms with Gasteiger partial charge in [-0.1, -0.05) is 40.2 Å². The summed E-state index contributed by atoms with van der Waals surface area (Å²) < 4.78 is 6.12. The van der Waals surface area contributed by atoms with Crippen molar-refractivity contribution in [1.82, 2.24) is 0 Å². The first-order valence-electron chi connectivity index (χ1n) is 5.30. The van der Waals surface area contributed by atoms with Gasteiger partial charge >= 0.3 is 5.97 Å². The van der Waals surface area contributed by atoms with Crippen molar-refractivity contribution < 1.29 is 9.53 Å². The lowest BCUT2D eigenvalue weighted by atomic mass is 9.71. The standard InChI is InChI=1S/C13H13BrO2/c1-2-16-12(15)13(7-4-8-13)10-5-3-6-11(14)9-10/h3-7,9H,2,8H2,1H3. The number of hydrogen-bond acceptors (Lipinski definition) is 2. The molecule has 1 unspecified atom stereocenters. The molecule has 1 aromatic carbocycles. The quantitative estimate of drug-likeness (QED) is 0.628. The zero-order valence-electron chi connectivity index (χ0n) is 9.07. The first kappa shape index (κ1) is 11.4. The minimum Gasteiger partial charge on any atom is -0.465 e. The molecular weight excluding hydrogens is 268 g/mol. The highest BCUT2D eigenvalue weighted by Crippen LogP contribution is 2.39. The van der Waals surface area contributed by atoms with Gasteiger partial charge in [0.05, 0.1) is 6.61 Å². The molecule has 0 amide bonds. The van der Waals surface area contributed by atoms with Gasteiger partial charge in [-0.05, 0) is 31.0 Å². The van der Waals surface area contributed by atoms with Gasteiger partial charge in [0.1, 0.15) is 5.41 Å². The minimum absolute atomic E-state index is 0.157. The van der Waals surface area contributed by atoms with Crippen molar-refractivity contribution >= 4 is 21.9 Å². The third-order valence-corrected chi connectivity index (χ3v) is 3.31. The van der Waals surface area contributed by atoms with E-state index < -0.39 is 5.41 Å². The summed E-state index contributed by atoms with van der Waals surface area (Å²) in [6.45, 7) is 2.25. The molecule has 2 rings (SSSR count). The summed E-state index contributed by atoms with van der Waals surface area (Å²) in [5, 5.41) is 0. The van der Waals surface area contributed by atoms with Gasteiger partial charge in [-0.15, -0.1) is 0 Å². The van der Waals surface area contributed by atoms with Crippen molar-refractivity contribution in [3.63, 3.8) is 0 Å². The summed E-state index contributed by atoms with van der Waals surface area (Å²) in [6.07, 6.45) is 4.65. The zero-order chi connectivity index (χ0) is 11.6. The molecule has 0 saturated heterocycles. The van der Waals surface area contributed by atoms with E-state index in [1.165, 1.54) is 0 Å². The Balaban J connectivity index is 2.36. The molecule has 0 fully saturated rings. The van der Waals surface area contributed by atoms with Crippen LogP contribution in [0.4, 0.5) is 0 Å². The average Bonchev–Trinajstić information content (AvgIpc) is 2.16. The average molecular weight is 281 g/mol. The summed E-state index contributed by atoms with van der Waals surface area (Å²) in [5.41, 5.74) is 0.433. The Labute approximate surface area is 103 Å². The second kappa shape index (κ2) is 4.42. The maximum atomic E-state index is 12.0. The molecule has 1 aromatic rings. The minimum atomic E-state index is -0.556. The van der Waals surface area contributed by atoms with E-state index in [2.05, 4.69) is 15.9 Å². The number of ether oxygens (including phenoxy) is 1. The Kier molecular flexibility index (Phi) is 3.15. The molecule has 0 heterocycles. The van der Waals surface area contributed by atoms with Gasteiger partial charge in [0.25, 0.3) is 0 Å². The maximum absolute atomic E-state index is 12.0. The molecule has 1 aliphatic carbocycles. The number of allylic oxidation sites excluding steroid dienone is 1. The van der Waals surface area contributed by atoms with Crippen molar-refractivity contribution in [2.45, 2.75) is 18.8 Å². The summed E-state index contributed by atoms with van der Waals surface area (Å²) in [6, 6.07) is 7.82. The number of esters is 1. The monoisotopic (exact) mass is 280 g/mol. The fourth-order valence-electron chi connectivity index (χ4n) is 1.86. The van der Waals surface area contributed by atoms with Crippen molar-refractivity contribution in [3.05, 3.63) is 46.5 Å². The largest absolute Gasteiger partial charge is 0.465 e. The molecule has 3 heteroatoms. The SMILES string of the molecule is CCOC(=O)C1(c2cccc(Br)c2)C=CC1. The van der Waals surface area contributed by atoms with E-state index in [0.29, 0.717) is 6.61 Å². The van der Waals surface area contributed by atoms with Crippen molar-refractivity contribution in [1.29, 1.82) is 0 Å². The Morgan fingerprint density at radius 3 is 2.81 bits per heavy atom. The van der Waals surface area contributed by atoms with Gasteiger partial charge in [0.15, 0.2) is 0 Å². The molecule has 1 aliphatic rings. The molecule has 1 atom stereocenters. The highest BCUT2D eigenvalue weighted by molar-refractivity contribution is 9.10. The smallest absolute Gasteiger partial charge is 0.320 e. The van der Waals surface area contributed by atoms with Gasteiger partial charge < -0.3 is 4.74 Å². The van der Waals surface area contributed by atoms with E-state index in [9.17, 15) is 4.79 Å². The Morgan fingerprint density at radius 1 is 1.56 bits per heavy atom. The highest BCUT2D eigenvalue weighted by Gasteiger charge is 2.42. The van der Waals surface area contributed by atoms with E-state index in [1.807, 2.05) is 43.3 Å². The van der Waals surface area contributed by atoms with Crippen LogP contribution in [0, 0.1) is 0 Å². The number of hydrogen-bond donors (Lipinski definition) is 0. The lowest BCUT2D eigenvalue weighted by Gasteiger charge is -2.33. The molecule has 0 radical (unpaired) electrons. The number of benzene rings is 1. The topological polar surface area (TPSA) is 26.3 Å². The van der Waals surface area contributed by atoms with Crippen molar-refractivity contribution in [2.75, 3.05) is 6.61 Å². The van der Waals surface area contributed by atoms with Crippen LogP contribution < -0.4 is 0 Å². The van der Waals surface area contributed by atoms with Crippen LogP contribution in [0.15, 0.2) is 40.9 Å². The molecule has 16 heavy (non-hydrogen) atoms. The molecular formula is C13H13BrO2. The van der Waals surface area contributed by atoms with Gasteiger partial charge in [-0.2, -0.15) is 0 Å². The van der Waals surface area contributed by atoms with Gasteiger partial charge in [-0.25, -0.2) is 0 Å². The van der Waals surface area contributed by atoms with Crippen LogP contribution in [0.2, 0.25) is 0 Å². The fraction of sp³-hybridized carbons (Fsp3) is 0.308. The van der Waals surface area contributed by atoms with E-state index in [4.69, 9.17) is 4.74 Å². The van der Waals surface area contributed by atoms with Crippen LogP contribution in [0.5, 0.6) is 0 Å². The van der Waals surface area contributed by atoms with Crippen LogP contribution in [-0.2, 0) is 14.9 Å². The van der Waals surface area contributed by atoms with Crippen LogP contribution in [0.1, 0.15) is 18.9 Å². The molecule has 0 bridgehead atoms. The Bertz CT molecular complexity index is 439. The van der Waals surface area contributed by atoms with Crippen molar-refractivity contribution in [3.8, 4) is 0 Å². The highest BCUT2D eigenvalue weighted by atomic mass is 79.9. The third kappa shape index (κ3) is 1.80. The normalized spacial score (nSPS) is 22.6. The predicted octanol–water partition coefficient (Wildman–Crippen LogP) is 3.21. The summed E-state index contributed by atoms with van der Waals surface area (Å²) in [7, 11) is 0. The third-order valence-electron chi connectivity index (χ3n) is 2.82. The second-order valence-electron chi connectivity index (χ2n) is 3.81. The first-order chi connectivity index (χ1) is 7.69. The lowest BCUT2D eigenvalue weighted by molar-refractivity contribution is -0.148. The number of carbonyl (C=O) groups excluding carboxylic acids is 1. The van der Waals surface area contributed by atoms with Crippen molar-refractivity contribution in [2.24, 2.45) is 0 Å².